The highest BCUT2D eigenvalue weighted by Gasteiger charge is 2.06. The molecule has 0 aliphatic rings. The topological polar surface area (TPSA) is 26.0 Å². The van der Waals surface area contributed by atoms with Crippen LogP contribution < -0.4 is 0 Å². The van der Waals surface area contributed by atoms with Gasteiger partial charge >= 0.3 is 0 Å². The Morgan fingerprint density at radius 3 is 2.67 bits per heavy atom. The van der Waals surface area contributed by atoms with Crippen LogP contribution in [0.2, 0.25) is 0 Å². The molecule has 1 heterocycles. The third kappa shape index (κ3) is 0.843. The van der Waals surface area contributed by atoms with E-state index < -0.39 is 0 Å². The van der Waals surface area contributed by atoms with Crippen LogP contribution in [0.5, 0.6) is 0 Å². The minimum Gasteiger partial charge on any atom is -0.356 e. The molecule has 0 aliphatic carbocycles. The summed E-state index contributed by atoms with van der Waals surface area (Å²) in [6, 6.07) is 2.16. The summed E-state index contributed by atoms with van der Waals surface area (Å²) in [5.74, 6) is 0. The van der Waals surface area contributed by atoms with Gasteiger partial charge in [-0.1, -0.05) is 11.2 Å². The molecule has 2 nitrogen and oxygen atoms in total. The Hall–Kier alpha value is -1.31. The molecule has 62 valence electrons. The van der Waals surface area contributed by atoms with Crippen LogP contribution in [0.25, 0.3) is 11.0 Å². The standard InChI is InChI=1S/C10H11NO/c1-6-4-7(2)9-5-11-12-10(9)8(6)3/h4-5H,1-3H3. The minimum absolute atomic E-state index is 0.924. The maximum atomic E-state index is 5.16. The quantitative estimate of drug-likeness (QED) is 0.593. The third-order valence-corrected chi connectivity index (χ3v) is 2.36. The summed E-state index contributed by atoms with van der Waals surface area (Å²) in [6.45, 7) is 6.22. The number of hydrogen-bond acceptors (Lipinski definition) is 2. The van der Waals surface area contributed by atoms with Crippen molar-refractivity contribution in [3.63, 3.8) is 0 Å². The summed E-state index contributed by atoms with van der Waals surface area (Å²) >= 11 is 0. The molecule has 0 spiro atoms. The molecule has 0 saturated carbocycles. The highest BCUT2D eigenvalue weighted by atomic mass is 16.5. The maximum absolute atomic E-state index is 5.16. The minimum atomic E-state index is 0.924. The van der Waals surface area contributed by atoms with Crippen molar-refractivity contribution < 1.29 is 4.52 Å². The third-order valence-electron chi connectivity index (χ3n) is 2.36. The first-order valence-electron chi connectivity index (χ1n) is 4.01. The van der Waals surface area contributed by atoms with Crippen LogP contribution in [0.15, 0.2) is 16.8 Å². The first-order valence-corrected chi connectivity index (χ1v) is 4.01. The van der Waals surface area contributed by atoms with Gasteiger partial charge in [0.25, 0.3) is 0 Å². The van der Waals surface area contributed by atoms with Gasteiger partial charge in [-0.3, -0.25) is 0 Å². The lowest BCUT2D eigenvalue weighted by molar-refractivity contribution is 0.455. The Kier molecular flexibility index (Phi) is 1.43. The average Bonchev–Trinajstić information content (AvgIpc) is 2.48. The Morgan fingerprint density at radius 2 is 1.92 bits per heavy atom. The molecule has 0 radical (unpaired) electrons. The maximum Gasteiger partial charge on any atom is 0.170 e. The number of hydrogen-bond donors (Lipinski definition) is 0. The summed E-state index contributed by atoms with van der Waals surface area (Å²) in [7, 11) is 0. The van der Waals surface area contributed by atoms with Crippen molar-refractivity contribution in [1.82, 2.24) is 5.16 Å². The Morgan fingerprint density at radius 1 is 1.17 bits per heavy atom. The molecule has 2 rings (SSSR count). The zero-order valence-corrected chi connectivity index (χ0v) is 7.51. The number of benzene rings is 1. The largest absolute Gasteiger partial charge is 0.356 e. The second kappa shape index (κ2) is 2.34. The predicted octanol–water partition coefficient (Wildman–Crippen LogP) is 2.75. The SMILES string of the molecule is Cc1cc(C)c2cnoc2c1C. The van der Waals surface area contributed by atoms with Crippen molar-refractivity contribution in [2.24, 2.45) is 0 Å². The van der Waals surface area contributed by atoms with E-state index in [0.717, 1.165) is 11.0 Å². The predicted molar refractivity (Wildman–Crippen MR) is 48.2 cm³/mol. The normalized spacial score (nSPS) is 10.9. The number of nitrogens with zero attached hydrogens (tertiary/aromatic N) is 1. The van der Waals surface area contributed by atoms with E-state index in [2.05, 4.69) is 32.0 Å². The molecular weight excluding hydrogens is 150 g/mol. The van der Waals surface area contributed by atoms with Gasteiger partial charge in [0, 0.05) is 5.39 Å². The van der Waals surface area contributed by atoms with Crippen LogP contribution in [-0.4, -0.2) is 5.16 Å². The zero-order valence-electron chi connectivity index (χ0n) is 7.51. The average molecular weight is 161 g/mol. The fraction of sp³-hybridized carbons (Fsp3) is 0.300. The molecule has 1 aromatic carbocycles. The number of aryl methyl sites for hydroxylation is 3. The first-order chi connectivity index (χ1) is 5.70. The highest BCUT2D eigenvalue weighted by Crippen LogP contribution is 2.24. The van der Waals surface area contributed by atoms with E-state index in [-0.39, 0.29) is 0 Å². The smallest absolute Gasteiger partial charge is 0.170 e. The molecule has 12 heavy (non-hydrogen) atoms. The Bertz CT molecular complexity index is 429. The fourth-order valence-electron chi connectivity index (χ4n) is 1.48. The Labute approximate surface area is 71.2 Å². The van der Waals surface area contributed by atoms with E-state index in [9.17, 15) is 0 Å². The molecule has 2 aromatic rings. The van der Waals surface area contributed by atoms with Crippen LogP contribution in [0.3, 0.4) is 0 Å². The molecule has 0 unspecified atom stereocenters. The summed E-state index contributed by atoms with van der Waals surface area (Å²) in [6.07, 6.45) is 1.77. The van der Waals surface area contributed by atoms with E-state index in [1.54, 1.807) is 6.20 Å². The van der Waals surface area contributed by atoms with Crippen molar-refractivity contribution in [2.45, 2.75) is 20.8 Å². The van der Waals surface area contributed by atoms with E-state index in [0.29, 0.717) is 0 Å². The van der Waals surface area contributed by atoms with E-state index in [1.807, 2.05) is 0 Å². The summed E-state index contributed by atoms with van der Waals surface area (Å²) in [5, 5.41) is 4.91. The lowest BCUT2D eigenvalue weighted by Crippen LogP contribution is -1.83. The summed E-state index contributed by atoms with van der Waals surface area (Å²) in [4.78, 5) is 0. The van der Waals surface area contributed by atoms with Crippen LogP contribution in [0, 0.1) is 20.8 Å². The van der Waals surface area contributed by atoms with Crippen LogP contribution >= 0.6 is 0 Å². The van der Waals surface area contributed by atoms with Gasteiger partial charge in [0.2, 0.25) is 0 Å². The molecule has 0 saturated heterocycles. The zero-order chi connectivity index (χ0) is 8.72. The summed E-state index contributed by atoms with van der Waals surface area (Å²) in [5.41, 5.74) is 4.60. The number of aromatic nitrogens is 1. The van der Waals surface area contributed by atoms with E-state index in [1.165, 1.54) is 16.7 Å². The van der Waals surface area contributed by atoms with Gasteiger partial charge in [-0.2, -0.15) is 0 Å². The second-order valence-corrected chi connectivity index (χ2v) is 3.20. The molecule has 0 atom stereocenters. The van der Waals surface area contributed by atoms with Crippen molar-refractivity contribution in [2.75, 3.05) is 0 Å². The van der Waals surface area contributed by atoms with Gasteiger partial charge < -0.3 is 4.52 Å². The molecule has 0 N–H and O–H groups in total. The number of rotatable bonds is 0. The lowest BCUT2D eigenvalue weighted by Gasteiger charge is -2.01. The van der Waals surface area contributed by atoms with Gasteiger partial charge in [-0.25, -0.2) is 0 Å². The van der Waals surface area contributed by atoms with Crippen molar-refractivity contribution in [1.29, 1.82) is 0 Å². The van der Waals surface area contributed by atoms with Crippen molar-refractivity contribution in [3.8, 4) is 0 Å². The van der Waals surface area contributed by atoms with Crippen LogP contribution in [0.4, 0.5) is 0 Å². The van der Waals surface area contributed by atoms with Gasteiger partial charge in [0.15, 0.2) is 5.58 Å². The van der Waals surface area contributed by atoms with E-state index in [4.69, 9.17) is 4.52 Å². The molecule has 0 amide bonds. The molecule has 0 fully saturated rings. The van der Waals surface area contributed by atoms with E-state index >= 15 is 0 Å². The second-order valence-electron chi connectivity index (χ2n) is 3.20. The van der Waals surface area contributed by atoms with Gasteiger partial charge in [-0.15, -0.1) is 0 Å². The Balaban J connectivity index is 2.97. The molecule has 2 heteroatoms. The number of fused-ring (bicyclic) bond motifs is 1. The highest BCUT2D eigenvalue weighted by molar-refractivity contribution is 5.83. The van der Waals surface area contributed by atoms with Crippen LogP contribution in [-0.2, 0) is 0 Å². The lowest BCUT2D eigenvalue weighted by atomic mass is 10.0. The molecule has 0 aliphatic heterocycles. The van der Waals surface area contributed by atoms with Crippen LogP contribution in [0.1, 0.15) is 16.7 Å². The molecule has 0 bridgehead atoms. The fourth-order valence-corrected chi connectivity index (χ4v) is 1.48. The monoisotopic (exact) mass is 161 g/mol. The molecule has 1 aromatic heterocycles. The van der Waals surface area contributed by atoms with Crippen molar-refractivity contribution >= 4 is 11.0 Å². The molecular formula is C10H11NO. The van der Waals surface area contributed by atoms with Crippen molar-refractivity contribution in [3.05, 3.63) is 29.0 Å². The van der Waals surface area contributed by atoms with Gasteiger partial charge in [-0.05, 0) is 37.5 Å². The van der Waals surface area contributed by atoms with Gasteiger partial charge in [0.1, 0.15) is 0 Å². The van der Waals surface area contributed by atoms with Gasteiger partial charge in [0.05, 0.1) is 6.20 Å². The first kappa shape index (κ1) is 7.35. The summed E-state index contributed by atoms with van der Waals surface area (Å²) < 4.78 is 5.16.